The molecule has 1 N–H and O–H groups in total. The molecule has 1 atom stereocenters. The largest absolute Gasteiger partial charge is 0.480 e. The number of piperazine rings is 1. The zero-order valence-corrected chi connectivity index (χ0v) is 26.0. The normalized spacial score (nSPS) is 15.7. The van der Waals surface area contributed by atoms with Gasteiger partial charge in [-0.25, -0.2) is 28.4 Å². The summed E-state index contributed by atoms with van der Waals surface area (Å²) in [6.45, 7) is 8.32. The Balaban J connectivity index is 1.46. The zero-order chi connectivity index (χ0) is 30.9. The number of thiazole rings is 1. The highest BCUT2D eigenvalue weighted by Crippen LogP contribution is 2.35. The lowest BCUT2D eigenvalue weighted by molar-refractivity contribution is -0.127. The summed E-state index contributed by atoms with van der Waals surface area (Å²) in [5.41, 5.74) is 2.80. The number of ketones is 1. The molecule has 1 aliphatic rings. The van der Waals surface area contributed by atoms with E-state index in [1.54, 1.807) is 31.0 Å². The van der Waals surface area contributed by atoms with Crippen LogP contribution in [0.25, 0.3) is 22.0 Å². The van der Waals surface area contributed by atoms with E-state index in [1.165, 1.54) is 32.5 Å². The number of amides is 1. The second-order valence-electron chi connectivity index (χ2n) is 10.2. The molecule has 0 bridgehead atoms. The number of nitrogens with zero attached hydrogens (tertiary/aromatic N) is 6. The number of carbonyl (C=O) groups excluding carboxylic acids is 2. The average Bonchev–Trinajstić information content (AvgIpc) is 3.33. The third-order valence-electron chi connectivity index (χ3n) is 7.01. The standard InChI is InChI=1S/C29H31N7O5S2/c1-17-15-35(26(38)9-6-18(2)37)10-11-36(17)27-23-12-21(7-8-24(23)31-16-32-27)22-13-25(28(41-5)30-14-22)34-43(39,40)29-19(3)33-20(4)42-29/h6-9,12-14,16-17,34H,10-11,15H2,1-5H3/b9-6+/t17-/m0/s1. The summed E-state index contributed by atoms with van der Waals surface area (Å²) in [6, 6.07) is 7.35. The van der Waals surface area contributed by atoms with Gasteiger partial charge >= 0.3 is 0 Å². The molecule has 1 saturated heterocycles. The Hall–Kier alpha value is -4.43. The minimum atomic E-state index is -3.93. The van der Waals surface area contributed by atoms with E-state index in [4.69, 9.17) is 4.74 Å². The molecule has 0 spiro atoms. The summed E-state index contributed by atoms with van der Waals surface area (Å²) >= 11 is 1.10. The van der Waals surface area contributed by atoms with Crippen LogP contribution in [0.1, 0.15) is 24.5 Å². The van der Waals surface area contributed by atoms with Crippen LogP contribution in [-0.4, -0.2) is 77.7 Å². The number of methoxy groups -OCH3 is 1. The lowest BCUT2D eigenvalue weighted by Crippen LogP contribution is -2.53. The van der Waals surface area contributed by atoms with Crippen molar-refractivity contribution in [3.63, 3.8) is 0 Å². The second-order valence-corrected chi connectivity index (χ2v) is 13.3. The van der Waals surface area contributed by atoms with Crippen molar-refractivity contribution in [2.24, 2.45) is 0 Å². The molecular weight excluding hydrogens is 590 g/mol. The quantitative estimate of drug-likeness (QED) is 0.289. The van der Waals surface area contributed by atoms with E-state index in [1.807, 2.05) is 25.1 Å². The molecule has 5 rings (SSSR count). The van der Waals surface area contributed by atoms with Gasteiger partial charge in [-0.05, 0) is 57.5 Å². The van der Waals surface area contributed by atoms with Crippen LogP contribution in [0.5, 0.6) is 5.88 Å². The molecule has 14 heteroatoms. The molecule has 0 radical (unpaired) electrons. The van der Waals surface area contributed by atoms with Crippen molar-refractivity contribution in [3.8, 4) is 17.0 Å². The first kappa shape index (κ1) is 30.0. The molecule has 1 aromatic carbocycles. The Labute approximate surface area is 253 Å². The van der Waals surface area contributed by atoms with E-state index >= 15 is 0 Å². The number of anilines is 2. The van der Waals surface area contributed by atoms with E-state index in [2.05, 4.69) is 29.6 Å². The van der Waals surface area contributed by atoms with Gasteiger partial charge in [0.25, 0.3) is 10.0 Å². The van der Waals surface area contributed by atoms with Gasteiger partial charge in [0.2, 0.25) is 11.8 Å². The molecule has 224 valence electrons. The lowest BCUT2D eigenvalue weighted by Gasteiger charge is -2.40. The number of carbonyl (C=O) groups is 2. The van der Waals surface area contributed by atoms with E-state index < -0.39 is 10.0 Å². The van der Waals surface area contributed by atoms with Crippen LogP contribution in [-0.2, 0) is 19.6 Å². The number of nitrogens with one attached hydrogen (secondary N) is 1. The minimum Gasteiger partial charge on any atom is -0.480 e. The fraction of sp³-hybridized carbons (Fsp3) is 0.310. The molecule has 3 aromatic heterocycles. The number of fused-ring (bicyclic) bond motifs is 1. The highest BCUT2D eigenvalue weighted by Gasteiger charge is 2.28. The number of rotatable bonds is 8. The summed E-state index contributed by atoms with van der Waals surface area (Å²) in [4.78, 5) is 45.3. The van der Waals surface area contributed by atoms with Crippen LogP contribution in [0.15, 0.2) is 53.2 Å². The molecule has 1 fully saturated rings. The van der Waals surface area contributed by atoms with Crippen LogP contribution in [0, 0.1) is 13.8 Å². The first-order valence-electron chi connectivity index (χ1n) is 13.5. The van der Waals surface area contributed by atoms with Gasteiger partial charge < -0.3 is 14.5 Å². The second kappa shape index (κ2) is 12.1. The average molecular weight is 622 g/mol. The zero-order valence-electron chi connectivity index (χ0n) is 24.4. The molecule has 43 heavy (non-hydrogen) atoms. The van der Waals surface area contributed by atoms with Gasteiger partial charge in [-0.15, -0.1) is 11.3 Å². The first-order valence-corrected chi connectivity index (χ1v) is 15.8. The van der Waals surface area contributed by atoms with Crippen molar-refractivity contribution in [3.05, 3.63) is 59.6 Å². The molecule has 0 aliphatic carbocycles. The summed E-state index contributed by atoms with van der Waals surface area (Å²) in [7, 11) is -2.50. The van der Waals surface area contributed by atoms with Crippen molar-refractivity contribution < 1.29 is 22.7 Å². The molecule has 4 heterocycles. The van der Waals surface area contributed by atoms with E-state index in [9.17, 15) is 18.0 Å². The molecule has 4 aromatic rings. The summed E-state index contributed by atoms with van der Waals surface area (Å²) < 4.78 is 34.6. The Bertz CT molecular complexity index is 1860. The SMILES string of the molecule is COc1ncc(-c2ccc3ncnc(N4CCN(C(=O)/C=C/C(C)=O)C[C@@H]4C)c3c2)cc1NS(=O)(=O)c1sc(C)nc1C. The molecule has 12 nitrogen and oxygen atoms in total. The number of sulfonamides is 1. The van der Waals surface area contributed by atoms with Crippen molar-refractivity contribution >= 4 is 55.5 Å². The Morgan fingerprint density at radius 3 is 2.56 bits per heavy atom. The predicted molar refractivity (Wildman–Crippen MR) is 165 cm³/mol. The third-order valence-corrected chi connectivity index (χ3v) is 10.1. The fourth-order valence-electron chi connectivity index (χ4n) is 5.02. The smallest absolute Gasteiger partial charge is 0.273 e. The molecule has 0 unspecified atom stereocenters. The van der Waals surface area contributed by atoms with Gasteiger partial charge in [-0.1, -0.05) is 6.07 Å². The van der Waals surface area contributed by atoms with Gasteiger partial charge in [-0.2, -0.15) is 0 Å². The highest BCUT2D eigenvalue weighted by molar-refractivity contribution is 7.94. The topological polar surface area (TPSA) is 148 Å². The maximum Gasteiger partial charge on any atom is 0.273 e. The highest BCUT2D eigenvalue weighted by atomic mass is 32.2. The van der Waals surface area contributed by atoms with E-state index in [0.717, 1.165) is 33.6 Å². The number of hydrogen-bond donors (Lipinski definition) is 1. The number of benzene rings is 1. The van der Waals surface area contributed by atoms with Gasteiger partial charge in [0, 0.05) is 48.9 Å². The van der Waals surface area contributed by atoms with Gasteiger partial charge in [-0.3, -0.25) is 14.3 Å². The molecular formula is C29H31N7O5S2. The van der Waals surface area contributed by atoms with Crippen LogP contribution in [0.2, 0.25) is 0 Å². The molecule has 0 saturated carbocycles. The van der Waals surface area contributed by atoms with Crippen LogP contribution >= 0.6 is 11.3 Å². The minimum absolute atomic E-state index is 0.0484. The summed E-state index contributed by atoms with van der Waals surface area (Å²) in [5, 5.41) is 1.45. The van der Waals surface area contributed by atoms with Gasteiger partial charge in [0.05, 0.1) is 23.3 Å². The fourth-order valence-corrected chi connectivity index (χ4v) is 7.55. The van der Waals surface area contributed by atoms with Crippen molar-refractivity contribution in [1.29, 1.82) is 0 Å². The Morgan fingerprint density at radius 1 is 1.09 bits per heavy atom. The Kier molecular flexibility index (Phi) is 8.42. The maximum atomic E-state index is 13.2. The van der Waals surface area contributed by atoms with E-state index in [-0.39, 0.29) is 33.5 Å². The summed E-state index contributed by atoms with van der Waals surface area (Å²) in [6.07, 6.45) is 5.73. The summed E-state index contributed by atoms with van der Waals surface area (Å²) in [5.74, 6) is 0.486. The van der Waals surface area contributed by atoms with Crippen LogP contribution in [0.3, 0.4) is 0 Å². The number of pyridine rings is 1. The molecule has 1 amide bonds. The monoisotopic (exact) mass is 621 g/mol. The number of aryl methyl sites for hydroxylation is 2. The predicted octanol–water partition coefficient (Wildman–Crippen LogP) is 3.76. The van der Waals surface area contributed by atoms with Crippen molar-refractivity contribution in [2.45, 2.75) is 37.9 Å². The van der Waals surface area contributed by atoms with E-state index in [0.29, 0.717) is 35.9 Å². The molecule has 1 aliphatic heterocycles. The first-order chi connectivity index (χ1) is 20.5. The van der Waals surface area contributed by atoms with Gasteiger partial charge in [0.15, 0.2) is 9.99 Å². The van der Waals surface area contributed by atoms with Crippen LogP contribution in [0.4, 0.5) is 11.5 Å². The number of hydrogen-bond acceptors (Lipinski definition) is 11. The van der Waals surface area contributed by atoms with Crippen molar-refractivity contribution in [1.82, 2.24) is 24.8 Å². The maximum absolute atomic E-state index is 13.2. The number of allylic oxidation sites excluding steroid dienone is 1. The third kappa shape index (κ3) is 6.34. The Morgan fingerprint density at radius 2 is 1.88 bits per heavy atom. The lowest BCUT2D eigenvalue weighted by atomic mass is 10.0. The number of aromatic nitrogens is 4. The number of ether oxygens (including phenoxy) is 1. The van der Waals surface area contributed by atoms with Crippen molar-refractivity contribution in [2.75, 3.05) is 36.4 Å². The van der Waals surface area contributed by atoms with Gasteiger partial charge in [0.1, 0.15) is 17.8 Å². The van der Waals surface area contributed by atoms with Crippen LogP contribution < -0.4 is 14.4 Å².